The molecule has 2 aromatic rings. The fourth-order valence-electron chi connectivity index (χ4n) is 5.53. The first-order chi connectivity index (χ1) is 16.1. The molecule has 0 radical (unpaired) electrons. The van der Waals surface area contributed by atoms with Crippen LogP contribution in [-0.2, 0) is 10.2 Å². The van der Waals surface area contributed by atoms with Crippen molar-refractivity contribution in [3.05, 3.63) is 59.7 Å². The molecular formula is C31H44O3. The molecular weight excluding hydrogens is 420 g/mol. The lowest BCUT2D eigenvalue weighted by atomic mass is 9.65. The molecule has 0 heterocycles. The Labute approximate surface area is 207 Å². The van der Waals surface area contributed by atoms with Crippen LogP contribution < -0.4 is 9.47 Å². The molecule has 0 amide bonds. The van der Waals surface area contributed by atoms with E-state index in [0.717, 1.165) is 44.3 Å². The fraction of sp³-hybridized carbons (Fsp3) is 0.581. The van der Waals surface area contributed by atoms with Gasteiger partial charge in [-0.1, -0.05) is 70.2 Å². The maximum absolute atomic E-state index is 12.6. The minimum absolute atomic E-state index is 0.000261. The summed E-state index contributed by atoms with van der Waals surface area (Å²) < 4.78 is 12.0. The molecule has 3 nitrogen and oxygen atoms in total. The van der Waals surface area contributed by atoms with Crippen molar-refractivity contribution < 1.29 is 14.3 Å². The molecule has 0 N–H and O–H groups in total. The summed E-state index contributed by atoms with van der Waals surface area (Å²) >= 11 is 0. The van der Waals surface area contributed by atoms with Crippen molar-refractivity contribution >= 4 is 5.97 Å². The van der Waals surface area contributed by atoms with Gasteiger partial charge in [0.2, 0.25) is 0 Å². The average molecular weight is 465 g/mol. The molecule has 2 aromatic carbocycles. The van der Waals surface area contributed by atoms with Crippen LogP contribution in [0.4, 0.5) is 0 Å². The zero-order valence-electron chi connectivity index (χ0n) is 22.2. The third-order valence-electron chi connectivity index (χ3n) is 7.41. The molecule has 0 spiro atoms. The lowest BCUT2D eigenvalue weighted by Crippen LogP contribution is -2.31. The SMILES string of the molecule is CCCC(C)(C)Oc1ccc(C2(c3ccc(OC(=O)C(C)(C)CCC)cc3)CCCCC2)cc1. The Morgan fingerprint density at radius 2 is 1.26 bits per heavy atom. The van der Waals surface area contributed by atoms with Crippen molar-refractivity contribution in [1.29, 1.82) is 0 Å². The van der Waals surface area contributed by atoms with E-state index < -0.39 is 5.41 Å². The van der Waals surface area contributed by atoms with E-state index in [1.54, 1.807) is 0 Å². The van der Waals surface area contributed by atoms with Crippen LogP contribution in [-0.4, -0.2) is 11.6 Å². The predicted octanol–water partition coefficient (Wildman–Crippen LogP) is 8.63. The minimum atomic E-state index is -0.465. The molecule has 0 aromatic heterocycles. The van der Waals surface area contributed by atoms with Crippen LogP contribution in [0, 0.1) is 5.41 Å². The molecule has 3 rings (SSSR count). The molecule has 1 saturated carbocycles. The highest BCUT2D eigenvalue weighted by Crippen LogP contribution is 2.45. The van der Waals surface area contributed by atoms with Crippen LogP contribution >= 0.6 is 0 Å². The Morgan fingerprint density at radius 3 is 1.76 bits per heavy atom. The molecule has 186 valence electrons. The maximum Gasteiger partial charge on any atom is 0.316 e. The highest BCUT2D eigenvalue weighted by atomic mass is 16.5. The Bertz CT molecular complexity index is 916. The quantitative estimate of drug-likeness (QED) is 0.261. The third kappa shape index (κ3) is 6.23. The van der Waals surface area contributed by atoms with E-state index in [1.807, 2.05) is 26.0 Å². The van der Waals surface area contributed by atoms with Gasteiger partial charge in [-0.2, -0.15) is 0 Å². The zero-order chi connectivity index (χ0) is 24.8. The van der Waals surface area contributed by atoms with Gasteiger partial charge in [0.05, 0.1) is 5.41 Å². The first-order valence-corrected chi connectivity index (χ1v) is 13.2. The van der Waals surface area contributed by atoms with E-state index >= 15 is 0 Å². The van der Waals surface area contributed by atoms with Crippen molar-refractivity contribution in [2.45, 2.75) is 110 Å². The lowest BCUT2D eigenvalue weighted by molar-refractivity contribution is -0.144. The van der Waals surface area contributed by atoms with E-state index in [9.17, 15) is 4.79 Å². The van der Waals surface area contributed by atoms with E-state index in [4.69, 9.17) is 9.47 Å². The minimum Gasteiger partial charge on any atom is -0.488 e. The highest BCUT2D eigenvalue weighted by Gasteiger charge is 2.36. The second-order valence-electron chi connectivity index (χ2n) is 11.3. The second kappa shape index (κ2) is 11.0. The fourth-order valence-corrected chi connectivity index (χ4v) is 5.53. The van der Waals surface area contributed by atoms with Crippen molar-refractivity contribution in [2.75, 3.05) is 0 Å². The van der Waals surface area contributed by atoms with Gasteiger partial charge in [-0.15, -0.1) is 0 Å². The average Bonchev–Trinajstić information content (AvgIpc) is 2.80. The Hall–Kier alpha value is -2.29. The maximum atomic E-state index is 12.6. The summed E-state index contributed by atoms with van der Waals surface area (Å²) in [4.78, 5) is 12.6. The van der Waals surface area contributed by atoms with Gasteiger partial charge < -0.3 is 9.47 Å². The number of hydrogen-bond acceptors (Lipinski definition) is 3. The molecule has 3 heteroatoms. The summed E-state index contributed by atoms with van der Waals surface area (Å²) in [7, 11) is 0. The summed E-state index contributed by atoms with van der Waals surface area (Å²) in [5.74, 6) is 1.41. The third-order valence-corrected chi connectivity index (χ3v) is 7.41. The summed E-state index contributed by atoms with van der Waals surface area (Å²) in [5, 5.41) is 0. The summed E-state index contributed by atoms with van der Waals surface area (Å²) in [6.07, 6.45) is 9.94. The van der Waals surface area contributed by atoms with Crippen LogP contribution in [0.2, 0.25) is 0 Å². The van der Waals surface area contributed by atoms with Crippen molar-refractivity contribution in [1.82, 2.24) is 0 Å². The zero-order valence-corrected chi connectivity index (χ0v) is 22.2. The molecule has 34 heavy (non-hydrogen) atoms. The van der Waals surface area contributed by atoms with E-state index in [1.165, 1.54) is 30.4 Å². The lowest BCUT2D eigenvalue weighted by Gasteiger charge is -2.39. The number of carbonyl (C=O) groups excluding carboxylic acids is 1. The molecule has 0 aliphatic heterocycles. The summed E-state index contributed by atoms with van der Waals surface area (Å²) in [5.41, 5.74) is 2.03. The summed E-state index contributed by atoms with van der Waals surface area (Å²) in [6, 6.07) is 17.0. The van der Waals surface area contributed by atoms with Gasteiger partial charge in [-0.25, -0.2) is 0 Å². The van der Waals surface area contributed by atoms with Crippen LogP contribution in [0.25, 0.3) is 0 Å². The second-order valence-corrected chi connectivity index (χ2v) is 11.3. The van der Waals surface area contributed by atoms with Gasteiger partial charge in [-0.05, 0) is 88.8 Å². The van der Waals surface area contributed by atoms with Crippen LogP contribution in [0.5, 0.6) is 11.5 Å². The smallest absolute Gasteiger partial charge is 0.316 e. The van der Waals surface area contributed by atoms with Gasteiger partial charge in [0, 0.05) is 5.41 Å². The number of benzene rings is 2. The summed E-state index contributed by atoms with van der Waals surface area (Å²) in [6.45, 7) is 12.5. The first-order valence-electron chi connectivity index (χ1n) is 13.2. The van der Waals surface area contributed by atoms with Crippen LogP contribution in [0.1, 0.15) is 110 Å². The van der Waals surface area contributed by atoms with Gasteiger partial charge in [0.1, 0.15) is 17.1 Å². The molecule has 1 aliphatic carbocycles. The number of esters is 1. The topological polar surface area (TPSA) is 35.5 Å². The number of hydrogen-bond donors (Lipinski definition) is 0. The van der Waals surface area contributed by atoms with Crippen LogP contribution in [0.15, 0.2) is 48.5 Å². The molecule has 0 atom stereocenters. The van der Waals surface area contributed by atoms with E-state index in [2.05, 4.69) is 64.1 Å². The van der Waals surface area contributed by atoms with E-state index in [-0.39, 0.29) is 17.0 Å². The Morgan fingerprint density at radius 1 is 0.765 bits per heavy atom. The van der Waals surface area contributed by atoms with Gasteiger partial charge in [-0.3, -0.25) is 4.79 Å². The molecule has 1 aliphatic rings. The molecule has 0 bridgehead atoms. The Balaban J connectivity index is 1.82. The first kappa shape index (κ1) is 26.3. The number of ether oxygens (including phenoxy) is 2. The number of carbonyl (C=O) groups is 1. The monoisotopic (exact) mass is 464 g/mol. The molecule has 0 unspecified atom stereocenters. The van der Waals surface area contributed by atoms with E-state index in [0.29, 0.717) is 5.75 Å². The van der Waals surface area contributed by atoms with Crippen molar-refractivity contribution in [3.63, 3.8) is 0 Å². The van der Waals surface area contributed by atoms with Crippen molar-refractivity contribution in [3.8, 4) is 11.5 Å². The predicted molar refractivity (Wildman–Crippen MR) is 141 cm³/mol. The van der Waals surface area contributed by atoms with Crippen LogP contribution in [0.3, 0.4) is 0 Å². The van der Waals surface area contributed by atoms with Gasteiger partial charge in [0.15, 0.2) is 0 Å². The van der Waals surface area contributed by atoms with Gasteiger partial charge in [0.25, 0.3) is 0 Å². The normalized spacial score (nSPS) is 16.2. The largest absolute Gasteiger partial charge is 0.488 e. The number of rotatable bonds is 10. The van der Waals surface area contributed by atoms with Crippen molar-refractivity contribution in [2.24, 2.45) is 5.41 Å². The molecule has 0 saturated heterocycles. The van der Waals surface area contributed by atoms with Gasteiger partial charge >= 0.3 is 5.97 Å². The molecule has 1 fully saturated rings. The standard InChI is InChI=1S/C31H44O3/c1-7-20-29(3,4)28(32)33-26-16-12-24(13-17-26)31(22-10-9-11-23-31)25-14-18-27(19-15-25)34-30(5,6)21-8-2/h12-19H,7-11,20-23H2,1-6H3. The highest BCUT2D eigenvalue weighted by molar-refractivity contribution is 5.78. The Kier molecular flexibility index (Phi) is 8.49.